The SMILES string of the molecule is N[C@@H]1C=CCO[C@@H]1C(=O)O. The van der Waals surface area contributed by atoms with Gasteiger partial charge in [-0.3, -0.25) is 0 Å². The van der Waals surface area contributed by atoms with Crippen molar-refractivity contribution in [1.82, 2.24) is 0 Å². The lowest BCUT2D eigenvalue weighted by molar-refractivity contribution is -0.150. The average molecular weight is 143 g/mol. The molecular weight excluding hydrogens is 134 g/mol. The Balaban J connectivity index is 2.60. The first-order valence-electron chi connectivity index (χ1n) is 2.98. The van der Waals surface area contributed by atoms with Crippen LogP contribution in [0, 0.1) is 0 Å². The molecule has 4 heteroatoms. The molecule has 0 saturated carbocycles. The molecule has 0 bridgehead atoms. The Bertz CT molecular complexity index is 166. The van der Waals surface area contributed by atoms with Gasteiger partial charge in [-0.1, -0.05) is 12.2 Å². The molecule has 0 radical (unpaired) electrons. The maximum absolute atomic E-state index is 10.3. The van der Waals surface area contributed by atoms with Crippen LogP contribution in [0.4, 0.5) is 0 Å². The largest absolute Gasteiger partial charge is 0.479 e. The molecule has 0 aromatic rings. The van der Waals surface area contributed by atoms with Gasteiger partial charge in [-0.2, -0.15) is 0 Å². The second-order valence-corrected chi connectivity index (χ2v) is 2.10. The van der Waals surface area contributed by atoms with E-state index in [-0.39, 0.29) is 0 Å². The Hall–Kier alpha value is -0.870. The Morgan fingerprint density at radius 2 is 2.50 bits per heavy atom. The number of ether oxygens (including phenoxy) is 1. The quantitative estimate of drug-likeness (QED) is 0.478. The van der Waals surface area contributed by atoms with Crippen LogP contribution in [-0.2, 0) is 9.53 Å². The summed E-state index contributed by atoms with van der Waals surface area (Å²) in [6.07, 6.45) is 2.48. The van der Waals surface area contributed by atoms with E-state index >= 15 is 0 Å². The summed E-state index contributed by atoms with van der Waals surface area (Å²) < 4.78 is 4.84. The second-order valence-electron chi connectivity index (χ2n) is 2.10. The minimum Gasteiger partial charge on any atom is -0.479 e. The normalized spacial score (nSPS) is 32.1. The number of hydrogen-bond acceptors (Lipinski definition) is 3. The van der Waals surface area contributed by atoms with Gasteiger partial charge in [0.05, 0.1) is 12.6 Å². The van der Waals surface area contributed by atoms with Crippen molar-refractivity contribution in [3.05, 3.63) is 12.2 Å². The molecule has 0 aliphatic carbocycles. The van der Waals surface area contributed by atoms with Gasteiger partial charge in [-0.25, -0.2) is 4.79 Å². The molecule has 10 heavy (non-hydrogen) atoms. The fourth-order valence-electron chi connectivity index (χ4n) is 0.820. The summed E-state index contributed by atoms with van der Waals surface area (Å²) >= 11 is 0. The highest BCUT2D eigenvalue weighted by Gasteiger charge is 2.25. The predicted octanol–water partition coefficient (Wildman–Crippen LogP) is -0.647. The minimum atomic E-state index is -1.00. The van der Waals surface area contributed by atoms with Crippen molar-refractivity contribution in [3.8, 4) is 0 Å². The molecule has 0 unspecified atom stereocenters. The minimum absolute atomic E-state index is 0.338. The fraction of sp³-hybridized carbons (Fsp3) is 0.500. The standard InChI is InChI=1S/C6H9NO3/c7-4-2-1-3-10-5(4)6(8)9/h1-2,4-5H,3,7H2,(H,8,9)/t4-,5+/m1/s1. The van der Waals surface area contributed by atoms with Crippen LogP contribution in [0.15, 0.2) is 12.2 Å². The molecule has 1 rings (SSSR count). The summed E-state index contributed by atoms with van der Waals surface area (Å²) in [6, 6.07) is -0.508. The zero-order valence-corrected chi connectivity index (χ0v) is 5.36. The maximum atomic E-state index is 10.3. The molecule has 0 fully saturated rings. The number of carboxylic acid groups (broad SMARTS) is 1. The number of rotatable bonds is 1. The van der Waals surface area contributed by atoms with Crippen molar-refractivity contribution in [1.29, 1.82) is 0 Å². The summed E-state index contributed by atoms with van der Waals surface area (Å²) in [7, 11) is 0. The molecule has 0 saturated heterocycles. The lowest BCUT2D eigenvalue weighted by atomic mass is 10.1. The molecule has 0 aromatic carbocycles. The molecule has 1 heterocycles. The maximum Gasteiger partial charge on any atom is 0.334 e. The molecule has 1 aliphatic heterocycles. The topological polar surface area (TPSA) is 72.5 Å². The Morgan fingerprint density at radius 3 is 2.90 bits per heavy atom. The van der Waals surface area contributed by atoms with Crippen molar-refractivity contribution < 1.29 is 14.6 Å². The van der Waals surface area contributed by atoms with Gasteiger partial charge >= 0.3 is 5.97 Å². The summed E-state index contributed by atoms with van der Waals surface area (Å²) in [4.78, 5) is 10.3. The highest BCUT2D eigenvalue weighted by molar-refractivity contribution is 5.73. The van der Waals surface area contributed by atoms with Crippen molar-refractivity contribution in [2.45, 2.75) is 12.1 Å². The fourth-order valence-corrected chi connectivity index (χ4v) is 0.820. The van der Waals surface area contributed by atoms with Gasteiger partial charge in [0, 0.05) is 0 Å². The lowest BCUT2D eigenvalue weighted by Crippen LogP contribution is -2.43. The summed E-state index contributed by atoms with van der Waals surface area (Å²) in [5.41, 5.74) is 5.39. The van der Waals surface area contributed by atoms with Crippen molar-refractivity contribution in [3.63, 3.8) is 0 Å². The van der Waals surface area contributed by atoms with E-state index in [0.717, 1.165) is 0 Å². The summed E-state index contributed by atoms with van der Waals surface area (Å²) in [6.45, 7) is 0.338. The van der Waals surface area contributed by atoms with E-state index in [1.807, 2.05) is 0 Å². The average Bonchev–Trinajstić information content (AvgIpc) is 1.88. The molecule has 0 aromatic heterocycles. The molecule has 2 atom stereocenters. The van der Waals surface area contributed by atoms with E-state index in [2.05, 4.69) is 0 Å². The highest BCUT2D eigenvalue weighted by Crippen LogP contribution is 2.04. The zero-order chi connectivity index (χ0) is 7.56. The van der Waals surface area contributed by atoms with Crippen LogP contribution in [-0.4, -0.2) is 29.8 Å². The van der Waals surface area contributed by atoms with E-state index in [1.54, 1.807) is 12.2 Å². The number of carbonyl (C=O) groups is 1. The first-order chi connectivity index (χ1) is 4.72. The van der Waals surface area contributed by atoms with Crippen LogP contribution in [0.25, 0.3) is 0 Å². The third-order valence-electron chi connectivity index (χ3n) is 1.32. The molecule has 3 N–H and O–H groups in total. The molecule has 56 valence electrons. The molecule has 0 spiro atoms. The van der Waals surface area contributed by atoms with Gasteiger partial charge in [-0.05, 0) is 0 Å². The van der Waals surface area contributed by atoms with E-state index in [9.17, 15) is 4.79 Å². The van der Waals surface area contributed by atoms with Crippen LogP contribution in [0.1, 0.15) is 0 Å². The van der Waals surface area contributed by atoms with E-state index < -0.39 is 18.1 Å². The molecule has 4 nitrogen and oxygen atoms in total. The first kappa shape index (κ1) is 7.24. The second kappa shape index (κ2) is 2.81. The lowest BCUT2D eigenvalue weighted by Gasteiger charge is -2.20. The number of hydrogen-bond donors (Lipinski definition) is 2. The van der Waals surface area contributed by atoms with Crippen LogP contribution >= 0.6 is 0 Å². The van der Waals surface area contributed by atoms with Gasteiger partial charge in [-0.15, -0.1) is 0 Å². The van der Waals surface area contributed by atoms with Gasteiger partial charge in [0.1, 0.15) is 0 Å². The third-order valence-corrected chi connectivity index (χ3v) is 1.32. The predicted molar refractivity (Wildman–Crippen MR) is 34.5 cm³/mol. The number of nitrogens with two attached hydrogens (primary N) is 1. The van der Waals surface area contributed by atoms with Crippen LogP contribution < -0.4 is 5.73 Å². The van der Waals surface area contributed by atoms with Crippen LogP contribution in [0.2, 0.25) is 0 Å². The van der Waals surface area contributed by atoms with Crippen molar-refractivity contribution >= 4 is 5.97 Å². The Morgan fingerprint density at radius 1 is 1.80 bits per heavy atom. The molecule has 0 amide bonds. The van der Waals surface area contributed by atoms with E-state index in [0.29, 0.717) is 6.61 Å². The number of aliphatic carboxylic acids is 1. The van der Waals surface area contributed by atoms with Crippen molar-refractivity contribution in [2.24, 2.45) is 5.73 Å². The zero-order valence-electron chi connectivity index (χ0n) is 5.36. The van der Waals surface area contributed by atoms with Crippen molar-refractivity contribution in [2.75, 3.05) is 6.61 Å². The van der Waals surface area contributed by atoms with Gasteiger partial charge in [0.2, 0.25) is 0 Å². The Kier molecular flexibility index (Phi) is 2.03. The molecular formula is C6H9NO3. The summed E-state index contributed by atoms with van der Waals surface area (Å²) in [5.74, 6) is -1.00. The highest BCUT2D eigenvalue weighted by atomic mass is 16.5. The number of carboxylic acids is 1. The smallest absolute Gasteiger partial charge is 0.334 e. The van der Waals surface area contributed by atoms with Crippen LogP contribution in [0.5, 0.6) is 0 Å². The first-order valence-corrected chi connectivity index (χ1v) is 2.98. The van der Waals surface area contributed by atoms with Gasteiger partial charge in [0.25, 0.3) is 0 Å². The molecule has 1 aliphatic rings. The third kappa shape index (κ3) is 1.34. The van der Waals surface area contributed by atoms with Crippen LogP contribution in [0.3, 0.4) is 0 Å². The van der Waals surface area contributed by atoms with E-state index in [4.69, 9.17) is 15.6 Å². The van der Waals surface area contributed by atoms with Gasteiger partial charge < -0.3 is 15.6 Å². The van der Waals surface area contributed by atoms with E-state index in [1.165, 1.54) is 0 Å². The summed E-state index contributed by atoms with van der Waals surface area (Å²) in [5, 5.41) is 8.47. The Labute approximate surface area is 58.3 Å². The monoisotopic (exact) mass is 143 g/mol. The van der Waals surface area contributed by atoms with Gasteiger partial charge in [0.15, 0.2) is 6.10 Å².